The fourth-order valence-electron chi connectivity index (χ4n) is 1.46. The van der Waals surface area contributed by atoms with Crippen molar-refractivity contribution in [3.05, 3.63) is 59.4 Å². The number of nitrogens with zero attached hydrogens (tertiary/aromatic N) is 2. The maximum Gasteiger partial charge on any atom is 0.335 e. The number of hydrogen-bond donors (Lipinski definition) is 2. The van der Waals surface area contributed by atoms with Crippen LogP contribution in [-0.2, 0) is 6.54 Å². The molecule has 0 aliphatic carbocycles. The predicted molar refractivity (Wildman–Crippen MR) is 66.6 cm³/mol. The van der Waals surface area contributed by atoms with Gasteiger partial charge < -0.3 is 10.4 Å². The van der Waals surface area contributed by atoms with Crippen LogP contribution < -0.4 is 5.32 Å². The fraction of sp³-hybridized carbons (Fsp3) is 0.0769. The summed E-state index contributed by atoms with van der Waals surface area (Å²) in [6, 6.07) is 9.20. The number of nitrogens with one attached hydrogen (secondary N) is 1. The third kappa shape index (κ3) is 3.35. The lowest BCUT2D eigenvalue weighted by Gasteiger charge is -2.04. The molecule has 1 heterocycles. The Morgan fingerprint density at radius 2 is 1.79 bits per heavy atom. The van der Waals surface area contributed by atoms with Gasteiger partial charge in [0.15, 0.2) is 0 Å². The molecule has 19 heavy (non-hydrogen) atoms. The summed E-state index contributed by atoms with van der Waals surface area (Å²) in [5.41, 5.74) is 1.19. The standard InChI is InChI=1S/C13H11N3O3/c17-12(14-8-11-2-1-7-15-16-11)9-3-5-10(6-4-9)13(18)19/h1-7H,8H2,(H,14,17)(H,18,19). The first-order valence-electron chi connectivity index (χ1n) is 5.55. The first-order valence-corrected chi connectivity index (χ1v) is 5.55. The highest BCUT2D eigenvalue weighted by Gasteiger charge is 2.07. The second-order valence-electron chi connectivity index (χ2n) is 3.78. The SMILES string of the molecule is O=C(O)c1ccc(C(=O)NCc2cccnn2)cc1. The summed E-state index contributed by atoms with van der Waals surface area (Å²) in [6.45, 7) is 0.271. The number of amides is 1. The number of carbonyl (C=O) groups is 2. The lowest BCUT2D eigenvalue weighted by atomic mass is 10.1. The second-order valence-corrected chi connectivity index (χ2v) is 3.78. The molecule has 2 rings (SSSR count). The molecule has 0 bridgehead atoms. The molecule has 1 aromatic carbocycles. The average molecular weight is 257 g/mol. The topological polar surface area (TPSA) is 92.2 Å². The van der Waals surface area contributed by atoms with Crippen LogP contribution in [0.5, 0.6) is 0 Å². The molecule has 0 aliphatic heterocycles. The number of aromatic carboxylic acids is 1. The number of benzene rings is 1. The van der Waals surface area contributed by atoms with Crippen LogP contribution >= 0.6 is 0 Å². The van der Waals surface area contributed by atoms with Gasteiger partial charge in [0.1, 0.15) is 0 Å². The Hall–Kier alpha value is -2.76. The zero-order valence-electron chi connectivity index (χ0n) is 9.91. The highest BCUT2D eigenvalue weighted by Crippen LogP contribution is 2.04. The van der Waals surface area contributed by atoms with Crippen molar-refractivity contribution in [2.24, 2.45) is 0 Å². The largest absolute Gasteiger partial charge is 0.478 e. The second kappa shape index (κ2) is 5.72. The molecule has 0 saturated heterocycles. The van der Waals surface area contributed by atoms with Gasteiger partial charge in [-0.25, -0.2) is 4.79 Å². The normalized spacial score (nSPS) is 9.89. The van der Waals surface area contributed by atoms with E-state index in [9.17, 15) is 9.59 Å². The summed E-state index contributed by atoms with van der Waals surface area (Å²) in [5, 5.41) is 19.0. The summed E-state index contributed by atoms with van der Waals surface area (Å²) in [5.74, 6) is -1.31. The molecule has 2 aromatic rings. The summed E-state index contributed by atoms with van der Waals surface area (Å²) < 4.78 is 0. The van der Waals surface area contributed by atoms with E-state index in [1.165, 1.54) is 24.3 Å². The predicted octanol–water partition coefficient (Wildman–Crippen LogP) is 1.10. The van der Waals surface area contributed by atoms with E-state index in [1.807, 2.05) is 0 Å². The Morgan fingerprint density at radius 3 is 2.37 bits per heavy atom. The van der Waals surface area contributed by atoms with E-state index in [0.29, 0.717) is 11.3 Å². The van der Waals surface area contributed by atoms with E-state index in [1.54, 1.807) is 18.3 Å². The first-order chi connectivity index (χ1) is 9.16. The molecule has 0 spiro atoms. The maximum absolute atomic E-state index is 11.8. The first kappa shape index (κ1) is 12.7. The van der Waals surface area contributed by atoms with Gasteiger partial charge in [-0.05, 0) is 36.4 Å². The number of hydrogen-bond acceptors (Lipinski definition) is 4. The maximum atomic E-state index is 11.8. The van der Waals surface area contributed by atoms with E-state index < -0.39 is 5.97 Å². The van der Waals surface area contributed by atoms with Crippen LogP contribution in [0.4, 0.5) is 0 Å². The zero-order chi connectivity index (χ0) is 13.7. The van der Waals surface area contributed by atoms with Crippen molar-refractivity contribution in [3.8, 4) is 0 Å². The highest BCUT2D eigenvalue weighted by molar-refractivity contribution is 5.95. The molecule has 1 aromatic heterocycles. The van der Waals surface area contributed by atoms with Gasteiger partial charge in [0.25, 0.3) is 5.91 Å². The van der Waals surface area contributed by atoms with Gasteiger partial charge >= 0.3 is 5.97 Å². The Morgan fingerprint density at radius 1 is 1.11 bits per heavy atom. The molecule has 0 atom stereocenters. The number of carbonyl (C=O) groups excluding carboxylic acids is 1. The van der Waals surface area contributed by atoms with E-state index in [4.69, 9.17) is 5.11 Å². The third-order valence-electron chi connectivity index (χ3n) is 2.45. The number of carboxylic acids is 1. The molecule has 0 unspecified atom stereocenters. The van der Waals surface area contributed by atoms with Gasteiger partial charge in [0.2, 0.25) is 0 Å². The van der Waals surface area contributed by atoms with E-state index in [0.717, 1.165) is 0 Å². The summed E-state index contributed by atoms with van der Waals surface area (Å²) in [7, 11) is 0. The Labute approximate surface area is 109 Å². The van der Waals surface area contributed by atoms with E-state index >= 15 is 0 Å². The molecule has 2 N–H and O–H groups in total. The summed E-state index contributed by atoms with van der Waals surface area (Å²) in [4.78, 5) is 22.5. The molecular weight excluding hydrogens is 246 g/mol. The minimum absolute atomic E-state index is 0.144. The lowest BCUT2D eigenvalue weighted by molar-refractivity contribution is 0.0696. The van der Waals surface area contributed by atoms with Gasteiger partial charge in [-0.1, -0.05) is 0 Å². The van der Waals surface area contributed by atoms with Crippen LogP contribution in [0.2, 0.25) is 0 Å². The zero-order valence-corrected chi connectivity index (χ0v) is 9.91. The third-order valence-corrected chi connectivity index (χ3v) is 2.45. The summed E-state index contributed by atoms with van der Waals surface area (Å²) in [6.07, 6.45) is 1.55. The van der Waals surface area contributed by atoms with Gasteiger partial charge in [0.05, 0.1) is 17.8 Å². The van der Waals surface area contributed by atoms with Crippen LogP contribution in [0, 0.1) is 0 Å². The Bertz CT molecular complexity index is 582. The van der Waals surface area contributed by atoms with Crippen molar-refractivity contribution in [1.82, 2.24) is 15.5 Å². The smallest absolute Gasteiger partial charge is 0.335 e. The van der Waals surface area contributed by atoms with Crippen molar-refractivity contribution < 1.29 is 14.7 Å². The molecule has 6 heteroatoms. The lowest BCUT2D eigenvalue weighted by Crippen LogP contribution is -2.23. The molecule has 0 aliphatic rings. The van der Waals surface area contributed by atoms with Gasteiger partial charge in [-0.15, -0.1) is 0 Å². The monoisotopic (exact) mass is 257 g/mol. The summed E-state index contributed by atoms with van der Waals surface area (Å²) >= 11 is 0. The molecule has 0 radical (unpaired) electrons. The Kier molecular flexibility index (Phi) is 3.82. The van der Waals surface area contributed by atoms with Crippen molar-refractivity contribution >= 4 is 11.9 Å². The molecule has 96 valence electrons. The van der Waals surface area contributed by atoms with Crippen LogP contribution in [0.1, 0.15) is 26.4 Å². The van der Waals surface area contributed by atoms with Gasteiger partial charge in [0, 0.05) is 11.8 Å². The van der Waals surface area contributed by atoms with Crippen LogP contribution in [-0.4, -0.2) is 27.2 Å². The number of aromatic nitrogens is 2. The van der Waals surface area contributed by atoms with Crippen molar-refractivity contribution in [3.63, 3.8) is 0 Å². The van der Waals surface area contributed by atoms with Crippen LogP contribution in [0.3, 0.4) is 0 Å². The molecule has 0 saturated carbocycles. The van der Waals surface area contributed by atoms with Gasteiger partial charge in [-0.3, -0.25) is 4.79 Å². The van der Waals surface area contributed by atoms with Crippen molar-refractivity contribution in [2.75, 3.05) is 0 Å². The fourth-order valence-corrected chi connectivity index (χ4v) is 1.46. The number of rotatable bonds is 4. The van der Waals surface area contributed by atoms with E-state index in [-0.39, 0.29) is 18.0 Å². The molecule has 0 fully saturated rings. The quantitative estimate of drug-likeness (QED) is 0.855. The minimum Gasteiger partial charge on any atom is -0.478 e. The minimum atomic E-state index is -1.02. The Balaban J connectivity index is 1.98. The molecule has 6 nitrogen and oxygen atoms in total. The van der Waals surface area contributed by atoms with Crippen LogP contribution in [0.15, 0.2) is 42.6 Å². The molecule has 1 amide bonds. The van der Waals surface area contributed by atoms with Crippen molar-refractivity contribution in [2.45, 2.75) is 6.54 Å². The van der Waals surface area contributed by atoms with E-state index in [2.05, 4.69) is 15.5 Å². The highest BCUT2D eigenvalue weighted by atomic mass is 16.4. The van der Waals surface area contributed by atoms with Crippen LogP contribution in [0.25, 0.3) is 0 Å². The molecular formula is C13H11N3O3. The van der Waals surface area contributed by atoms with Crippen molar-refractivity contribution in [1.29, 1.82) is 0 Å². The number of carboxylic acid groups (broad SMARTS) is 1. The average Bonchev–Trinajstić information content (AvgIpc) is 2.46. The van der Waals surface area contributed by atoms with Gasteiger partial charge in [-0.2, -0.15) is 10.2 Å².